The van der Waals surface area contributed by atoms with Crippen LogP contribution in [0.4, 0.5) is 4.79 Å². The summed E-state index contributed by atoms with van der Waals surface area (Å²) in [6.07, 6.45) is 1.80. The van der Waals surface area contributed by atoms with Crippen LogP contribution in [0, 0.1) is 0 Å². The van der Waals surface area contributed by atoms with Gasteiger partial charge >= 0.3 is 12.0 Å². The predicted molar refractivity (Wildman–Crippen MR) is 63.4 cm³/mol. The number of rotatable bonds is 5. The summed E-state index contributed by atoms with van der Waals surface area (Å²) >= 11 is 0. The van der Waals surface area contributed by atoms with Gasteiger partial charge in [0.1, 0.15) is 0 Å². The van der Waals surface area contributed by atoms with E-state index in [0.29, 0.717) is 13.1 Å². The van der Waals surface area contributed by atoms with E-state index < -0.39 is 12.0 Å². The van der Waals surface area contributed by atoms with E-state index in [4.69, 9.17) is 14.6 Å². The minimum absolute atomic E-state index is 0.0233. The van der Waals surface area contributed by atoms with Crippen LogP contribution in [0.25, 0.3) is 0 Å². The lowest BCUT2D eigenvalue weighted by Crippen LogP contribution is -2.53. The number of carboxylic acids is 1. The third-order valence-electron chi connectivity index (χ3n) is 2.93. The second-order valence-corrected chi connectivity index (χ2v) is 4.24. The van der Waals surface area contributed by atoms with Gasteiger partial charge in [-0.05, 0) is 12.8 Å². The van der Waals surface area contributed by atoms with E-state index in [-0.39, 0.29) is 18.7 Å². The maximum atomic E-state index is 11.9. The molecule has 18 heavy (non-hydrogen) atoms. The molecule has 0 aromatic heterocycles. The molecule has 104 valence electrons. The van der Waals surface area contributed by atoms with E-state index in [1.807, 2.05) is 0 Å². The number of nitrogens with one attached hydrogen (secondary N) is 1. The first-order valence-corrected chi connectivity index (χ1v) is 5.88. The van der Waals surface area contributed by atoms with Gasteiger partial charge in [0.15, 0.2) is 6.04 Å². The molecule has 0 spiro atoms. The Morgan fingerprint density at radius 2 is 2.22 bits per heavy atom. The highest BCUT2D eigenvalue weighted by Gasteiger charge is 2.27. The van der Waals surface area contributed by atoms with Gasteiger partial charge in [-0.2, -0.15) is 0 Å². The first-order valence-electron chi connectivity index (χ1n) is 5.88. The molecule has 1 rings (SSSR count). The summed E-state index contributed by atoms with van der Waals surface area (Å²) in [5.74, 6) is -1.11. The van der Waals surface area contributed by atoms with Crippen LogP contribution in [-0.4, -0.2) is 68.1 Å². The second-order valence-electron chi connectivity index (χ2n) is 4.24. The normalized spacial score (nSPS) is 21.4. The maximum absolute atomic E-state index is 11.9. The van der Waals surface area contributed by atoms with E-state index >= 15 is 0 Å². The summed E-state index contributed by atoms with van der Waals surface area (Å²) in [5, 5.41) is 11.4. The summed E-state index contributed by atoms with van der Waals surface area (Å²) in [7, 11) is 3.00. The third-order valence-corrected chi connectivity index (χ3v) is 2.93. The van der Waals surface area contributed by atoms with E-state index in [2.05, 4.69) is 5.32 Å². The summed E-state index contributed by atoms with van der Waals surface area (Å²) in [6.45, 7) is 1.05. The van der Waals surface area contributed by atoms with Gasteiger partial charge < -0.3 is 24.8 Å². The van der Waals surface area contributed by atoms with Crippen molar-refractivity contribution in [2.75, 3.05) is 33.9 Å². The average Bonchev–Trinajstić information content (AvgIpc) is 2.38. The van der Waals surface area contributed by atoms with Crippen molar-refractivity contribution >= 4 is 12.0 Å². The molecule has 2 amide bonds. The highest BCUT2D eigenvalue weighted by Crippen LogP contribution is 2.12. The van der Waals surface area contributed by atoms with Crippen molar-refractivity contribution in [3.8, 4) is 0 Å². The number of aliphatic carboxylic acids is 1. The summed E-state index contributed by atoms with van der Waals surface area (Å²) < 4.78 is 9.97. The molecule has 0 aromatic rings. The molecule has 2 atom stereocenters. The lowest BCUT2D eigenvalue weighted by Gasteiger charge is -2.32. The van der Waals surface area contributed by atoms with Crippen molar-refractivity contribution < 1.29 is 24.2 Å². The van der Waals surface area contributed by atoms with Gasteiger partial charge in [0.25, 0.3) is 0 Å². The van der Waals surface area contributed by atoms with Gasteiger partial charge in [-0.1, -0.05) is 0 Å². The minimum atomic E-state index is -1.11. The number of hydrogen-bond donors (Lipinski definition) is 2. The SMILES string of the molecule is COCC(NC(=O)N1CCCC(OC)C1)C(=O)O. The van der Waals surface area contributed by atoms with Crippen LogP contribution in [0.1, 0.15) is 12.8 Å². The Bertz CT molecular complexity index is 297. The fourth-order valence-corrected chi connectivity index (χ4v) is 1.90. The van der Waals surface area contributed by atoms with Gasteiger partial charge in [0, 0.05) is 27.3 Å². The number of urea groups is 1. The van der Waals surface area contributed by atoms with E-state index in [1.165, 1.54) is 7.11 Å². The fraction of sp³-hybridized carbons (Fsp3) is 0.818. The molecule has 0 radical (unpaired) electrons. The smallest absolute Gasteiger partial charge is 0.328 e. The highest BCUT2D eigenvalue weighted by molar-refractivity contribution is 5.82. The first kappa shape index (κ1) is 14.7. The van der Waals surface area contributed by atoms with E-state index in [0.717, 1.165) is 12.8 Å². The number of amides is 2. The third kappa shape index (κ3) is 4.15. The van der Waals surface area contributed by atoms with Crippen molar-refractivity contribution in [2.24, 2.45) is 0 Å². The molecule has 2 unspecified atom stereocenters. The zero-order chi connectivity index (χ0) is 13.5. The Balaban J connectivity index is 2.50. The molecule has 0 aromatic carbocycles. The minimum Gasteiger partial charge on any atom is -0.480 e. The number of carbonyl (C=O) groups is 2. The van der Waals surface area contributed by atoms with E-state index in [9.17, 15) is 9.59 Å². The number of nitrogens with zero attached hydrogens (tertiary/aromatic N) is 1. The Morgan fingerprint density at radius 1 is 1.50 bits per heavy atom. The Hall–Kier alpha value is -1.34. The first-order chi connectivity index (χ1) is 8.58. The molecule has 0 bridgehead atoms. The maximum Gasteiger partial charge on any atom is 0.328 e. The number of piperidine rings is 1. The van der Waals surface area contributed by atoms with Crippen molar-refractivity contribution in [3.63, 3.8) is 0 Å². The van der Waals surface area contributed by atoms with Crippen LogP contribution in [0.3, 0.4) is 0 Å². The summed E-state index contributed by atoms with van der Waals surface area (Å²) in [5.41, 5.74) is 0. The Morgan fingerprint density at radius 3 is 2.78 bits per heavy atom. The van der Waals surface area contributed by atoms with Crippen molar-refractivity contribution in [3.05, 3.63) is 0 Å². The molecular formula is C11H20N2O5. The van der Waals surface area contributed by atoms with Gasteiger partial charge in [-0.25, -0.2) is 9.59 Å². The Kier molecular flexibility index (Phi) is 5.87. The number of carbonyl (C=O) groups excluding carboxylic acids is 1. The summed E-state index contributed by atoms with van der Waals surface area (Å²) in [6, 6.07) is -1.41. The molecule has 1 aliphatic heterocycles. The standard InChI is InChI=1S/C11H20N2O5/c1-17-7-9(10(14)15)12-11(16)13-5-3-4-8(6-13)18-2/h8-9H,3-7H2,1-2H3,(H,12,16)(H,14,15). The topological polar surface area (TPSA) is 88.1 Å². The monoisotopic (exact) mass is 260 g/mol. The van der Waals surface area contributed by atoms with Crippen LogP contribution < -0.4 is 5.32 Å². The van der Waals surface area contributed by atoms with Crippen LogP contribution in [0.15, 0.2) is 0 Å². The summed E-state index contributed by atoms with van der Waals surface area (Å²) in [4.78, 5) is 24.4. The number of likely N-dealkylation sites (tertiary alicyclic amines) is 1. The molecule has 1 heterocycles. The highest BCUT2D eigenvalue weighted by atomic mass is 16.5. The van der Waals surface area contributed by atoms with Gasteiger partial charge in [0.05, 0.1) is 12.7 Å². The largest absolute Gasteiger partial charge is 0.480 e. The van der Waals surface area contributed by atoms with Gasteiger partial charge in [0.2, 0.25) is 0 Å². The molecular weight excluding hydrogens is 240 g/mol. The Labute approximate surface area is 106 Å². The molecule has 7 nitrogen and oxygen atoms in total. The van der Waals surface area contributed by atoms with Gasteiger partial charge in [-0.3, -0.25) is 0 Å². The molecule has 0 saturated carbocycles. The number of ether oxygens (including phenoxy) is 2. The van der Waals surface area contributed by atoms with Gasteiger partial charge in [-0.15, -0.1) is 0 Å². The number of carboxylic acid groups (broad SMARTS) is 1. The van der Waals surface area contributed by atoms with Crippen LogP contribution in [-0.2, 0) is 14.3 Å². The van der Waals surface area contributed by atoms with Crippen molar-refractivity contribution in [2.45, 2.75) is 25.0 Å². The molecule has 7 heteroatoms. The lowest BCUT2D eigenvalue weighted by atomic mass is 10.1. The zero-order valence-electron chi connectivity index (χ0n) is 10.7. The number of methoxy groups -OCH3 is 2. The van der Waals surface area contributed by atoms with E-state index in [1.54, 1.807) is 12.0 Å². The van der Waals surface area contributed by atoms with Crippen LogP contribution >= 0.6 is 0 Å². The second kappa shape index (κ2) is 7.17. The van der Waals surface area contributed by atoms with Crippen LogP contribution in [0.5, 0.6) is 0 Å². The fourth-order valence-electron chi connectivity index (χ4n) is 1.90. The molecule has 2 N–H and O–H groups in total. The quantitative estimate of drug-likeness (QED) is 0.721. The zero-order valence-corrected chi connectivity index (χ0v) is 10.7. The molecule has 1 fully saturated rings. The van der Waals surface area contributed by atoms with Crippen molar-refractivity contribution in [1.29, 1.82) is 0 Å². The van der Waals surface area contributed by atoms with Crippen LogP contribution in [0.2, 0.25) is 0 Å². The predicted octanol–water partition coefficient (Wildman–Crippen LogP) is -0.0936. The molecule has 0 aliphatic carbocycles. The molecule has 1 saturated heterocycles. The van der Waals surface area contributed by atoms with Crippen molar-refractivity contribution in [1.82, 2.24) is 10.2 Å². The lowest BCUT2D eigenvalue weighted by molar-refractivity contribution is -0.140. The molecule has 1 aliphatic rings. The average molecular weight is 260 g/mol. The number of hydrogen-bond acceptors (Lipinski definition) is 4.